The maximum atomic E-state index is 13.6. The third-order valence-corrected chi connectivity index (χ3v) is 6.32. The van der Waals surface area contributed by atoms with Crippen molar-refractivity contribution < 1.29 is 23.7 Å². The average molecular weight is 518 g/mol. The predicted molar refractivity (Wildman–Crippen MR) is 142 cm³/mol. The van der Waals surface area contributed by atoms with Crippen LogP contribution in [0.5, 0.6) is 0 Å². The van der Waals surface area contributed by atoms with E-state index in [1.54, 1.807) is 23.1 Å². The van der Waals surface area contributed by atoms with Gasteiger partial charge in [-0.1, -0.05) is 30.3 Å². The van der Waals surface area contributed by atoms with Gasteiger partial charge < -0.3 is 19.0 Å². The van der Waals surface area contributed by atoms with Crippen molar-refractivity contribution in [2.45, 2.75) is 39.0 Å². The molecule has 0 unspecified atom stereocenters. The van der Waals surface area contributed by atoms with Crippen LogP contribution >= 0.6 is 0 Å². The van der Waals surface area contributed by atoms with Gasteiger partial charge in [-0.05, 0) is 61.2 Å². The van der Waals surface area contributed by atoms with Crippen molar-refractivity contribution in [3.8, 4) is 0 Å². The number of hydrogen-bond acceptors (Lipinski definition) is 6. The molecule has 9 nitrogen and oxygen atoms in total. The van der Waals surface area contributed by atoms with E-state index in [4.69, 9.17) is 9.15 Å². The molecule has 1 fully saturated rings. The Labute approximate surface area is 221 Å². The summed E-state index contributed by atoms with van der Waals surface area (Å²) in [7, 11) is 0. The van der Waals surface area contributed by atoms with E-state index in [0.29, 0.717) is 31.0 Å². The van der Waals surface area contributed by atoms with Crippen LogP contribution in [0.4, 0.5) is 5.69 Å². The zero-order valence-corrected chi connectivity index (χ0v) is 21.3. The fourth-order valence-electron chi connectivity index (χ4n) is 4.30. The Balaban J connectivity index is 1.50. The van der Waals surface area contributed by atoms with Gasteiger partial charge in [0.15, 0.2) is 0 Å². The van der Waals surface area contributed by atoms with Crippen LogP contribution < -0.4 is 0 Å². The number of carbonyl (C=O) groups is 2. The Morgan fingerprint density at radius 1 is 1.03 bits per heavy atom. The molecule has 2 heterocycles. The van der Waals surface area contributed by atoms with Crippen LogP contribution in [0.3, 0.4) is 0 Å². The van der Waals surface area contributed by atoms with Gasteiger partial charge in [-0.15, -0.1) is 0 Å². The average Bonchev–Trinajstić information content (AvgIpc) is 3.58. The zero-order chi connectivity index (χ0) is 26.9. The molecule has 198 valence electrons. The van der Waals surface area contributed by atoms with Crippen LogP contribution in [-0.2, 0) is 27.4 Å². The molecule has 0 saturated carbocycles. The molecule has 0 radical (unpaired) electrons. The first kappa shape index (κ1) is 26.8. The Morgan fingerprint density at radius 2 is 1.79 bits per heavy atom. The van der Waals surface area contributed by atoms with E-state index in [2.05, 4.69) is 0 Å². The van der Waals surface area contributed by atoms with E-state index >= 15 is 0 Å². The first-order valence-corrected chi connectivity index (χ1v) is 12.6. The molecule has 0 spiro atoms. The third-order valence-electron chi connectivity index (χ3n) is 6.32. The molecule has 1 saturated heterocycles. The van der Waals surface area contributed by atoms with Gasteiger partial charge in [0.1, 0.15) is 18.1 Å². The summed E-state index contributed by atoms with van der Waals surface area (Å²) in [4.78, 5) is 40.4. The summed E-state index contributed by atoms with van der Waals surface area (Å²) >= 11 is 0. The highest BCUT2D eigenvalue weighted by Gasteiger charge is 2.26. The molecule has 9 heteroatoms. The second-order valence-electron chi connectivity index (χ2n) is 9.28. The molecule has 3 aromatic rings. The first-order valence-electron chi connectivity index (χ1n) is 12.6. The van der Waals surface area contributed by atoms with Crippen LogP contribution in [0, 0.1) is 17.0 Å². The quantitative estimate of drug-likeness (QED) is 0.207. The van der Waals surface area contributed by atoms with Crippen molar-refractivity contribution >= 4 is 23.6 Å². The second kappa shape index (κ2) is 12.8. The molecule has 2 amide bonds. The Kier molecular flexibility index (Phi) is 9.05. The number of rotatable bonds is 11. The molecule has 1 aromatic heterocycles. The number of furan rings is 1. The molecule has 1 atom stereocenters. The van der Waals surface area contributed by atoms with Crippen LogP contribution in [0.15, 0.2) is 77.2 Å². The first-order chi connectivity index (χ1) is 18.4. The van der Waals surface area contributed by atoms with E-state index in [1.807, 2.05) is 49.4 Å². The monoisotopic (exact) mass is 517 g/mol. The SMILES string of the molecule is Cc1ccc(CN(Cc2ccccc2)C(=O)CN(C[C@@H]2CCCO2)C(=O)/C=C/c2ccc([N+](=O)[O-])cc2)o1. The lowest BCUT2D eigenvalue weighted by molar-refractivity contribution is -0.384. The number of nitro benzene ring substituents is 1. The van der Waals surface area contributed by atoms with E-state index < -0.39 is 4.92 Å². The third kappa shape index (κ3) is 7.63. The number of amides is 2. The zero-order valence-electron chi connectivity index (χ0n) is 21.3. The number of hydrogen-bond donors (Lipinski definition) is 0. The van der Waals surface area contributed by atoms with Crippen LogP contribution in [0.25, 0.3) is 6.08 Å². The van der Waals surface area contributed by atoms with E-state index in [-0.39, 0.29) is 36.7 Å². The minimum atomic E-state index is -0.473. The normalized spacial score (nSPS) is 15.0. The van der Waals surface area contributed by atoms with Gasteiger partial charge in [0.25, 0.3) is 5.69 Å². The topological polar surface area (TPSA) is 106 Å². The summed E-state index contributed by atoms with van der Waals surface area (Å²) < 4.78 is 11.5. The number of nitrogens with zero attached hydrogens (tertiary/aromatic N) is 3. The number of non-ortho nitro benzene ring substituents is 1. The smallest absolute Gasteiger partial charge is 0.269 e. The minimum absolute atomic E-state index is 0.0238. The van der Waals surface area contributed by atoms with Gasteiger partial charge >= 0.3 is 0 Å². The summed E-state index contributed by atoms with van der Waals surface area (Å²) in [5, 5.41) is 10.9. The van der Waals surface area contributed by atoms with Gasteiger partial charge in [0.05, 0.1) is 17.6 Å². The second-order valence-corrected chi connectivity index (χ2v) is 9.28. The molecule has 38 heavy (non-hydrogen) atoms. The lowest BCUT2D eigenvalue weighted by Crippen LogP contribution is -2.44. The summed E-state index contributed by atoms with van der Waals surface area (Å²) in [6.07, 6.45) is 4.59. The van der Waals surface area contributed by atoms with E-state index in [9.17, 15) is 19.7 Å². The summed E-state index contributed by atoms with van der Waals surface area (Å²) in [5.41, 5.74) is 1.59. The highest BCUT2D eigenvalue weighted by molar-refractivity contribution is 5.94. The Hall–Kier alpha value is -4.24. The Bertz CT molecular complexity index is 1260. The van der Waals surface area contributed by atoms with Gasteiger partial charge in [-0.25, -0.2) is 0 Å². The number of benzene rings is 2. The number of carbonyl (C=O) groups excluding carboxylic acids is 2. The molecule has 0 aliphatic carbocycles. The molecule has 4 rings (SSSR count). The predicted octanol–water partition coefficient (Wildman–Crippen LogP) is 4.75. The van der Waals surface area contributed by atoms with Crippen molar-refractivity contribution in [1.29, 1.82) is 0 Å². The molecule has 2 aromatic carbocycles. The summed E-state index contributed by atoms with van der Waals surface area (Å²) in [6, 6.07) is 19.3. The maximum absolute atomic E-state index is 13.6. The Morgan fingerprint density at radius 3 is 2.42 bits per heavy atom. The van der Waals surface area contributed by atoms with Gasteiger partial charge in [0.2, 0.25) is 11.8 Å². The van der Waals surface area contributed by atoms with Crippen molar-refractivity contribution in [2.24, 2.45) is 0 Å². The lowest BCUT2D eigenvalue weighted by atomic mass is 10.1. The minimum Gasteiger partial charge on any atom is -0.464 e. The van der Waals surface area contributed by atoms with Crippen LogP contribution in [0.1, 0.15) is 35.5 Å². The van der Waals surface area contributed by atoms with Crippen molar-refractivity contribution in [2.75, 3.05) is 19.7 Å². The largest absolute Gasteiger partial charge is 0.464 e. The highest BCUT2D eigenvalue weighted by Crippen LogP contribution is 2.17. The molecular formula is C29H31N3O6. The van der Waals surface area contributed by atoms with Gasteiger partial charge in [0, 0.05) is 37.9 Å². The molecular weight excluding hydrogens is 486 g/mol. The fourth-order valence-corrected chi connectivity index (χ4v) is 4.30. The highest BCUT2D eigenvalue weighted by atomic mass is 16.6. The maximum Gasteiger partial charge on any atom is 0.269 e. The van der Waals surface area contributed by atoms with Crippen LogP contribution in [0.2, 0.25) is 0 Å². The van der Waals surface area contributed by atoms with Crippen molar-refractivity contribution in [3.63, 3.8) is 0 Å². The number of nitro groups is 1. The molecule has 0 N–H and O–H groups in total. The number of ether oxygens (including phenoxy) is 1. The number of aryl methyl sites for hydroxylation is 1. The van der Waals surface area contributed by atoms with Crippen molar-refractivity contribution in [1.82, 2.24) is 9.80 Å². The van der Waals surface area contributed by atoms with E-state index in [0.717, 1.165) is 24.2 Å². The molecule has 0 bridgehead atoms. The molecule has 1 aliphatic heterocycles. The van der Waals surface area contributed by atoms with Gasteiger partial charge in [-0.2, -0.15) is 0 Å². The van der Waals surface area contributed by atoms with Crippen LogP contribution in [-0.4, -0.2) is 52.3 Å². The van der Waals surface area contributed by atoms with Gasteiger partial charge in [-0.3, -0.25) is 19.7 Å². The van der Waals surface area contributed by atoms with Crippen molar-refractivity contribution in [3.05, 3.63) is 106 Å². The summed E-state index contributed by atoms with van der Waals surface area (Å²) in [5.74, 6) is 0.888. The standard InChI is InChI=1S/C29H31N3O6/c1-22-9-15-27(38-22)20-30(18-24-6-3-2-4-7-24)29(34)21-31(19-26-8-5-17-37-26)28(33)16-12-23-10-13-25(14-11-23)32(35)36/h2-4,6-7,9-16,26H,5,8,17-21H2,1H3/b16-12+/t26-/m0/s1. The molecule has 1 aliphatic rings. The summed E-state index contributed by atoms with van der Waals surface area (Å²) in [6.45, 7) is 3.33. The lowest BCUT2D eigenvalue weighted by Gasteiger charge is -2.28. The van der Waals surface area contributed by atoms with E-state index in [1.165, 1.54) is 23.1 Å². The fraction of sp³-hybridized carbons (Fsp3) is 0.310.